The normalized spacial score (nSPS) is 10.6. The number of H-pyrrole nitrogens is 1. The minimum atomic E-state index is 0.691. The van der Waals surface area contributed by atoms with Gasteiger partial charge >= 0.3 is 0 Å². The third kappa shape index (κ3) is 1.88. The monoisotopic (exact) mass is 124 g/mol. The highest BCUT2D eigenvalue weighted by Gasteiger charge is 1.96. The molecule has 1 aromatic heterocycles. The molecule has 0 aliphatic heterocycles. The average Bonchev–Trinajstić information content (AvgIpc) is 2.15. The third-order valence-corrected chi connectivity index (χ3v) is 1.16. The number of aromatic nitrogens is 2. The zero-order valence-corrected chi connectivity index (χ0v) is 5.89. The molecule has 1 rings (SSSR count). The molecule has 1 aromatic rings. The van der Waals surface area contributed by atoms with Crippen molar-refractivity contribution in [2.45, 2.75) is 20.3 Å². The van der Waals surface area contributed by atoms with Crippen molar-refractivity contribution in [3.05, 3.63) is 18.2 Å². The Hall–Kier alpha value is -0.790. The summed E-state index contributed by atoms with van der Waals surface area (Å²) in [5.74, 6) is 1.78. The first kappa shape index (κ1) is 6.33. The summed E-state index contributed by atoms with van der Waals surface area (Å²) in [5.41, 5.74) is 0. The van der Waals surface area contributed by atoms with Gasteiger partial charge in [0.25, 0.3) is 0 Å². The summed E-state index contributed by atoms with van der Waals surface area (Å²) in [5, 5.41) is 0. The van der Waals surface area contributed by atoms with Gasteiger partial charge in [-0.3, -0.25) is 0 Å². The molecule has 0 unspecified atom stereocenters. The molecule has 0 spiro atoms. The Morgan fingerprint density at radius 1 is 1.67 bits per heavy atom. The molecule has 50 valence electrons. The zero-order chi connectivity index (χ0) is 6.69. The van der Waals surface area contributed by atoms with Crippen LogP contribution in [0.4, 0.5) is 0 Å². The van der Waals surface area contributed by atoms with E-state index in [4.69, 9.17) is 0 Å². The smallest absolute Gasteiger partial charge is 0.106 e. The maximum atomic E-state index is 4.10. The van der Waals surface area contributed by atoms with E-state index in [9.17, 15) is 0 Å². The van der Waals surface area contributed by atoms with E-state index >= 15 is 0 Å². The van der Waals surface area contributed by atoms with E-state index in [-0.39, 0.29) is 0 Å². The number of nitrogens with zero attached hydrogens (tertiary/aromatic N) is 1. The van der Waals surface area contributed by atoms with Gasteiger partial charge in [-0.1, -0.05) is 13.8 Å². The van der Waals surface area contributed by atoms with Gasteiger partial charge in [0.1, 0.15) is 5.82 Å². The Labute approximate surface area is 55.3 Å². The zero-order valence-electron chi connectivity index (χ0n) is 5.89. The largest absolute Gasteiger partial charge is 0.349 e. The molecule has 0 saturated carbocycles. The van der Waals surface area contributed by atoms with Crippen molar-refractivity contribution >= 4 is 0 Å². The quantitative estimate of drug-likeness (QED) is 0.637. The maximum absolute atomic E-state index is 4.10. The van der Waals surface area contributed by atoms with E-state index in [1.54, 1.807) is 6.20 Å². The highest BCUT2D eigenvalue weighted by Crippen LogP contribution is 2.00. The number of hydrogen-bond acceptors (Lipinski definition) is 1. The van der Waals surface area contributed by atoms with Crippen LogP contribution in [-0.4, -0.2) is 9.97 Å². The molecule has 1 N–H and O–H groups in total. The van der Waals surface area contributed by atoms with Crippen LogP contribution in [0.5, 0.6) is 0 Å². The van der Waals surface area contributed by atoms with E-state index in [2.05, 4.69) is 23.8 Å². The number of aromatic amines is 1. The van der Waals surface area contributed by atoms with Gasteiger partial charge in [-0.05, 0) is 5.92 Å². The van der Waals surface area contributed by atoms with E-state index in [1.807, 2.05) is 6.20 Å². The van der Waals surface area contributed by atoms with E-state index in [1.165, 1.54) is 0 Å². The average molecular weight is 124 g/mol. The molecule has 0 amide bonds. The predicted octanol–water partition coefficient (Wildman–Crippen LogP) is 1.61. The Morgan fingerprint density at radius 2 is 2.44 bits per heavy atom. The van der Waals surface area contributed by atoms with Crippen LogP contribution in [0, 0.1) is 5.92 Å². The number of rotatable bonds is 2. The molecule has 0 fully saturated rings. The predicted molar refractivity (Wildman–Crippen MR) is 37.1 cm³/mol. The minimum Gasteiger partial charge on any atom is -0.349 e. The van der Waals surface area contributed by atoms with Gasteiger partial charge in [-0.2, -0.15) is 0 Å². The first-order chi connectivity index (χ1) is 4.29. The van der Waals surface area contributed by atoms with E-state index in [0.29, 0.717) is 5.92 Å². The lowest BCUT2D eigenvalue weighted by atomic mass is 10.1. The Kier molecular flexibility index (Phi) is 1.88. The standard InChI is InChI=1S/C7H12N2/c1-6(2)5-7-8-3-4-9-7/h3-4,6H,5H2,1-2H3,(H,8,9). The van der Waals surface area contributed by atoms with Gasteiger partial charge in [-0.25, -0.2) is 4.98 Å². The second-order valence-corrected chi connectivity index (χ2v) is 2.63. The van der Waals surface area contributed by atoms with E-state index in [0.717, 1.165) is 12.2 Å². The summed E-state index contributed by atoms with van der Waals surface area (Å²) in [6, 6.07) is 0. The summed E-state index contributed by atoms with van der Waals surface area (Å²) < 4.78 is 0. The number of nitrogens with one attached hydrogen (secondary N) is 1. The molecule has 0 bridgehead atoms. The number of hydrogen-bond donors (Lipinski definition) is 1. The van der Waals surface area contributed by atoms with Gasteiger partial charge in [0, 0.05) is 18.8 Å². The molecule has 0 atom stereocenters. The fourth-order valence-electron chi connectivity index (χ4n) is 0.796. The Morgan fingerprint density at radius 3 is 2.89 bits per heavy atom. The van der Waals surface area contributed by atoms with Crippen molar-refractivity contribution in [2.75, 3.05) is 0 Å². The third-order valence-electron chi connectivity index (χ3n) is 1.16. The molecule has 0 aliphatic carbocycles. The lowest BCUT2D eigenvalue weighted by Crippen LogP contribution is -1.95. The highest BCUT2D eigenvalue weighted by atomic mass is 14.9. The summed E-state index contributed by atoms with van der Waals surface area (Å²) in [7, 11) is 0. The molecule has 0 aliphatic rings. The molecular formula is C7H12N2. The molecule has 2 heteroatoms. The summed E-state index contributed by atoms with van der Waals surface area (Å²) >= 11 is 0. The molecule has 2 nitrogen and oxygen atoms in total. The summed E-state index contributed by atoms with van der Waals surface area (Å²) in [6.07, 6.45) is 4.70. The van der Waals surface area contributed by atoms with Crippen LogP contribution in [0.2, 0.25) is 0 Å². The molecule has 9 heavy (non-hydrogen) atoms. The van der Waals surface area contributed by atoms with Crippen LogP contribution < -0.4 is 0 Å². The summed E-state index contributed by atoms with van der Waals surface area (Å²) in [4.78, 5) is 7.16. The van der Waals surface area contributed by atoms with Crippen molar-refractivity contribution < 1.29 is 0 Å². The van der Waals surface area contributed by atoms with Gasteiger partial charge in [0.15, 0.2) is 0 Å². The van der Waals surface area contributed by atoms with Crippen molar-refractivity contribution in [1.29, 1.82) is 0 Å². The number of imidazole rings is 1. The lowest BCUT2D eigenvalue weighted by Gasteiger charge is -1.98. The van der Waals surface area contributed by atoms with Crippen LogP contribution >= 0.6 is 0 Å². The van der Waals surface area contributed by atoms with Crippen molar-refractivity contribution in [3.63, 3.8) is 0 Å². The topological polar surface area (TPSA) is 28.7 Å². The Bertz CT molecular complexity index is 153. The molecule has 0 radical (unpaired) electrons. The van der Waals surface area contributed by atoms with Gasteiger partial charge in [0.2, 0.25) is 0 Å². The van der Waals surface area contributed by atoms with Crippen LogP contribution in [0.1, 0.15) is 19.7 Å². The van der Waals surface area contributed by atoms with E-state index < -0.39 is 0 Å². The second kappa shape index (κ2) is 2.67. The lowest BCUT2D eigenvalue weighted by molar-refractivity contribution is 0.626. The van der Waals surface area contributed by atoms with Crippen LogP contribution in [0.25, 0.3) is 0 Å². The van der Waals surface area contributed by atoms with Crippen LogP contribution in [0.15, 0.2) is 12.4 Å². The second-order valence-electron chi connectivity index (χ2n) is 2.63. The van der Waals surface area contributed by atoms with Crippen LogP contribution in [0.3, 0.4) is 0 Å². The van der Waals surface area contributed by atoms with Crippen LogP contribution in [-0.2, 0) is 6.42 Å². The molecular weight excluding hydrogens is 112 g/mol. The van der Waals surface area contributed by atoms with Gasteiger partial charge in [0.05, 0.1) is 0 Å². The molecule has 0 saturated heterocycles. The minimum absolute atomic E-state index is 0.691. The fraction of sp³-hybridized carbons (Fsp3) is 0.571. The van der Waals surface area contributed by atoms with Crippen molar-refractivity contribution in [1.82, 2.24) is 9.97 Å². The molecule has 0 aromatic carbocycles. The fourth-order valence-corrected chi connectivity index (χ4v) is 0.796. The Balaban J connectivity index is 2.48. The first-order valence-corrected chi connectivity index (χ1v) is 3.27. The van der Waals surface area contributed by atoms with Gasteiger partial charge in [-0.15, -0.1) is 0 Å². The highest BCUT2D eigenvalue weighted by molar-refractivity contribution is 4.87. The van der Waals surface area contributed by atoms with Crippen molar-refractivity contribution in [2.24, 2.45) is 5.92 Å². The summed E-state index contributed by atoms with van der Waals surface area (Å²) in [6.45, 7) is 4.37. The maximum Gasteiger partial charge on any atom is 0.106 e. The SMILES string of the molecule is CC(C)Cc1ncc[nH]1. The molecule has 1 heterocycles. The van der Waals surface area contributed by atoms with Gasteiger partial charge < -0.3 is 4.98 Å². The van der Waals surface area contributed by atoms with Crippen molar-refractivity contribution in [3.8, 4) is 0 Å². The first-order valence-electron chi connectivity index (χ1n) is 3.27.